The molecule has 1 amide bonds. The topological polar surface area (TPSA) is 66.0 Å². The molecule has 0 heterocycles. The van der Waals surface area contributed by atoms with Gasteiger partial charge in [0.1, 0.15) is 0 Å². The minimum atomic E-state index is -0.0997. The molecule has 2 rings (SSSR count). The zero-order valence-corrected chi connectivity index (χ0v) is 19.3. The van der Waals surface area contributed by atoms with Gasteiger partial charge in [-0.15, -0.1) is 0 Å². The molecule has 0 atom stereocenters. The van der Waals surface area contributed by atoms with Gasteiger partial charge in [0.15, 0.2) is 5.96 Å². The fourth-order valence-corrected chi connectivity index (χ4v) is 3.87. The SMILES string of the molecule is CCCOC1(CN=C(NCC)NCCc2cccc(C(=O)N(C)C)c2)CCCCC1. The lowest BCUT2D eigenvalue weighted by molar-refractivity contribution is -0.0624. The molecule has 0 radical (unpaired) electrons. The van der Waals surface area contributed by atoms with Gasteiger partial charge in [-0.2, -0.15) is 0 Å². The standard InChI is InChI=1S/C24H40N4O2/c1-5-17-30-24(14-8-7-9-15-24)19-27-23(25-6-2)26-16-13-20-11-10-12-21(18-20)22(29)28(3)4/h10-12,18H,5-9,13-17,19H2,1-4H3,(H2,25,26,27). The second kappa shape index (κ2) is 12.6. The maximum Gasteiger partial charge on any atom is 0.253 e. The third kappa shape index (κ3) is 7.63. The Morgan fingerprint density at radius 1 is 1.17 bits per heavy atom. The summed E-state index contributed by atoms with van der Waals surface area (Å²) in [5.74, 6) is 0.868. The number of guanidine groups is 1. The van der Waals surface area contributed by atoms with Crippen LogP contribution in [0.2, 0.25) is 0 Å². The van der Waals surface area contributed by atoms with Crippen LogP contribution >= 0.6 is 0 Å². The van der Waals surface area contributed by atoms with Gasteiger partial charge in [0.05, 0.1) is 12.1 Å². The second-order valence-electron chi connectivity index (χ2n) is 8.36. The summed E-state index contributed by atoms with van der Waals surface area (Å²) in [6.45, 7) is 7.33. The fraction of sp³-hybridized carbons (Fsp3) is 0.667. The first-order valence-electron chi connectivity index (χ1n) is 11.5. The first kappa shape index (κ1) is 24.2. The average Bonchev–Trinajstić information content (AvgIpc) is 2.76. The van der Waals surface area contributed by atoms with Crippen molar-refractivity contribution in [3.63, 3.8) is 0 Å². The van der Waals surface area contributed by atoms with Crippen molar-refractivity contribution in [3.05, 3.63) is 35.4 Å². The van der Waals surface area contributed by atoms with Crippen LogP contribution in [-0.4, -0.2) is 62.7 Å². The molecule has 0 bridgehead atoms. The molecule has 0 spiro atoms. The molecule has 6 heteroatoms. The number of rotatable bonds is 10. The van der Waals surface area contributed by atoms with Crippen LogP contribution in [-0.2, 0) is 11.2 Å². The molecule has 0 unspecified atom stereocenters. The van der Waals surface area contributed by atoms with E-state index in [-0.39, 0.29) is 11.5 Å². The molecule has 168 valence electrons. The molecular weight excluding hydrogens is 376 g/mol. The number of benzene rings is 1. The highest BCUT2D eigenvalue weighted by molar-refractivity contribution is 5.94. The fourth-order valence-electron chi connectivity index (χ4n) is 3.87. The molecule has 1 aromatic carbocycles. The van der Waals surface area contributed by atoms with E-state index in [1.807, 2.05) is 18.2 Å². The van der Waals surface area contributed by atoms with Gasteiger partial charge >= 0.3 is 0 Å². The molecule has 0 aromatic heterocycles. The predicted octanol–water partition coefficient (Wildman–Crippen LogP) is 3.62. The van der Waals surface area contributed by atoms with Crippen LogP contribution < -0.4 is 10.6 Å². The Bertz CT molecular complexity index is 682. The molecule has 6 nitrogen and oxygen atoms in total. The van der Waals surface area contributed by atoms with E-state index in [0.717, 1.165) is 62.5 Å². The molecule has 1 aliphatic rings. The Morgan fingerprint density at radius 2 is 1.93 bits per heavy atom. The summed E-state index contributed by atoms with van der Waals surface area (Å²) in [5, 5.41) is 6.79. The Labute approximate surface area is 182 Å². The van der Waals surface area contributed by atoms with E-state index in [1.54, 1.807) is 19.0 Å². The summed E-state index contributed by atoms with van der Waals surface area (Å²) in [5.41, 5.74) is 1.77. The summed E-state index contributed by atoms with van der Waals surface area (Å²) < 4.78 is 6.28. The van der Waals surface area contributed by atoms with E-state index >= 15 is 0 Å². The van der Waals surface area contributed by atoms with E-state index in [4.69, 9.17) is 9.73 Å². The number of nitrogens with one attached hydrogen (secondary N) is 2. The molecule has 1 aliphatic carbocycles. The van der Waals surface area contributed by atoms with Gasteiger partial charge in [-0.1, -0.05) is 38.3 Å². The van der Waals surface area contributed by atoms with E-state index < -0.39 is 0 Å². The van der Waals surface area contributed by atoms with Crippen LogP contribution in [0.15, 0.2) is 29.3 Å². The smallest absolute Gasteiger partial charge is 0.253 e. The number of hydrogen-bond acceptors (Lipinski definition) is 3. The van der Waals surface area contributed by atoms with Gasteiger partial charge < -0.3 is 20.3 Å². The van der Waals surface area contributed by atoms with E-state index in [9.17, 15) is 4.79 Å². The van der Waals surface area contributed by atoms with Crippen molar-refractivity contribution in [2.24, 2.45) is 4.99 Å². The minimum Gasteiger partial charge on any atom is -0.373 e. The third-order valence-electron chi connectivity index (χ3n) is 5.53. The molecule has 1 saturated carbocycles. The lowest BCUT2D eigenvalue weighted by Crippen LogP contribution is -2.43. The van der Waals surface area contributed by atoms with Gasteiger partial charge in [0.2, 0.25) is 0 Å². The zero-order valence-electron chi connectivity index (χ0n) is 19.3. The van der Waals surface area contributed by atoms with Crippen molar-refractivity contribution in [1.82, 2.24) is 15.5 Å². The summed E-state index contributed by atoms with van der Waals surface area (Å²) in [7, 11) is 3.55. The Balaban J connectivity index is 1.95. The van der Waals surface area contributed by atoms with Gasteiger partial charge in [-0.3, -0.25) is 9.79 Å². The number of aliphatic imine (C=N–C) groups is 1. The quantitative estimate of drug-likeness (QED) is 0.452. The molecule has 2 N–H and O–H groups in total. The van der Waals surface area contributed by atoms with E-state index in [0.29, 0.717) is 6.54 Å². The van der Waals surface area contributed by atoms with Crippen molar-refractivity contribution < 1.29 is 9.53 Å². The van der Waals surface area contributed by atoms with Gasteiger partial charge in [0, 0.05) is 39.4 Å². The first-order chi connectivity index (χ1) is 14.5. The molecule has 0 saturated heterocycles. The van der Waals surface area contributed by atoms with Crippen molar-refractivity contribution in [2.45, 2.75) is 64.4 Å². The third-order valence-corrected chi connectivity index (χ3v) is 5.53. The van der Waals surface area contributed by atoms with Crippen molar-refractivity contribution in [1.29, 1.82) is 0 Å². The van der Waals surface area contributed by atoms with Crippen molar-refractivity contribution >= 4 is 11.9 Å². The molecule has 30 heavy (non-hydrogen) atoms. The van der Waals surface area contributed by atoms with Crippen LogP contribution in [0.5, 0.6) is 0 Å². The van der Waals surface area contributed by atoms with E-state index in [1.165, 1.54) is 19.3 Å². The van der Waals surface area contributed by atoms with Gasteiger partial charge in [-0.05, 0) is 50.3 Å². The summed E-state index contributed by atoms with van der Waals surface area (Å²) in [6.07, 6.45) is 7.83. The maximum atomic E-state index is 12.2. The zero-order chi connectivity index (χ0) is 21.8. The van der Waals surface area contributed by atoms with E-state index in [2.05, 4.69) is 30.5 Å². The van der Waals surface area contributed by atoms with Gasteiger partial charge in [0.25, 0.3) is 5.91 Å². The van der Waals surface area contributed by atoms with Gasteiger partial charge in [-0.25, -0.2) is 0 Å². The lowest BCUT2D eigenvalue weighted by atomic mass is 9.84. The Kier molecular flexibility index (Phi) is 10.1. The van der Waals surface area contributed by atoms with Crippen LogP contribution in [0.1, 0.15) is 68.3 Å². The summed E-state index contributed by atoms with van der Waals surface area (Å²) in [4.78, 5) is 18.7. The summed E-state index contributed by atoms with van der Waals surface area (Å²) in [6, 6.07) is 7.85. The van der Waals surface area contributed by atoms with Crippen LogP contribution in [0.4, 0.5) is 0 Å². The monoisotopic (exact) mass is 416 g/mol. The highest BCUT2D eigenvalue weighted by atomic mass is 16.5. The first-order valence-corrected chi connectivity index (χ1v) is 11.5. The molecule has 1 aromatic rings. The average molecular weight is 417 g/mol. The van der Waals surface area contributed by atoms with Crippen LogP contribution in [0, 0.1) is 0 Å². The Morgan fingerprint density at radius 3 is 2.60 bits per heavy atom. The summed E-state index contributed by atoms with van der Waals surface area (Å²) >= 11 is 0. The van der Waals surface area contributed by atoms with Crippen molar-refractivity contribution in [3.8, 4) is 0 Å². The minimum absolute atomic E-state index is 0.0320. The number of ether oxygens (including phenoxy) is 1. The number of hydrogen-bond donors (Lipinski definition) is 2. The largest absolute Gasteiger partial charge is 0.373 e. The molecular formula is C24H40N4O2. The van der Waals surface area contributed by atoms with Crippen molar-refractivity contribution in [2.75, 3.05) is 40.3 Å². The number of amides is 1. The molecule has 0 aliphatic heterocycles. The number of carbonyl (C=O) groups is 1. The van der Waals surface area contributed by atoms with Crippen LogP contribution in [0.3, 0.4) is 0 Å². The molecule has 1 fully saturated rings. The lowest BCUT2D eigenvalue weighted by Gasteiger charge is -2.36. The van der Waals surface area contributed by atoms with Crippen LogP contribution in [0.25, 0.3) is 0 Å². The number of nitrogens with zero attached hydrogens (tertiary/aromatic N) is 2. The number of carbonyl (C=O) groups excluding carboxylic acids is 1. The normalized spacial score (nSPS) is 16.2. The second-order valence-corrected chi connectivity index (χ2v) is 8.36. The Hall–Kier alpha value is -2.08. The maximum absolute atomic E-state index is 12.2. The predicted molar refractivity (Wildman–Crippen MR) is 124 cm³/mol. The highest BCUT2D eigenvalue weighted by Gasteiger charge is 2.32. The highest BCUT2D eigenvalue weighted by Crippen LogP contribution is 2.32.